The molecule has 0 bridgehead atoms. The van der Waals surface area contributed by atoms with Gasteiger partial charge in [0.25, 0.3) is 5.91 Å². The molecule has 2 aromatic rings. The van der Waals surface area contributed by atoms with Gasteiger partial charge in [0, 0.05) is 45.5 Å². The lowest BCUT2D eigenvalue weighted by molar-refractivity contribution is 0.0269. The molecule has 25 heavy (non-hydrogen) atoms. The Morgan fingerprint density at radius 2 is 1.88 bits per heavy atom. The van der Waals surface area contributed by atoms with Crippen molar-refractivity contribution in [2.75, 3.05) is 39.2 Å². The molecule has 0 aromatic heterocycles. The number of piperidine rings is 1. The van der Waals surface area contributed by atoms with E-state index in [1.807, 2.05) is 43.3 Å². The van der Waals surface area contributed by atoms with Gasteiger partial charge in [-0.25, -0.2) is 0 Å². The molecule has 0 unspecified atom stereocenters. The second kappa shape index (κ2) is 7.70. The zero-order valence-electron chi connectivity index (χ0n) is 15.2. The second-order valence-electron chi connectivity index (χ2n) is 6.77. The van der Waals surface area contributed by atoms with Crippen molar-refractivity contribution in [3.63, 3.8) is 0 Å². The Labute approximate surface area is 150 Å². The van der Waals surface area contributed by atoms with E-state index in [9.17, 15) is 4.79 Å². The minimum absolute atomic E-state index is 0.0929. The van der Waals surface area contributed by atoms with Crippen molar-refractivity contribution in [1.29, 1.82) is 0 Å². The summed E-state index contributed by atoms with van der Waals surface area (Å²) in [7, 11) is 5.79. The van der Waals surface area contributed by atoms with E-state index in [0.29, 0.717) is 6.54 Å². The number of hydrogen-bond acceptors (Lipinski definition) is 3. The Balaban J connectivity index is 1.76. The molecular weight excluding hydrogens is 312 g/mol. The van der Waals surface area contributed by atoms with E-state index < -0.39 is 0 Å². The standard InChI is InChI=1S/C21H26N2O2/c1-22(2)19-7-4-6-18(14-19)16-9-11-17(12-10-16)21(24)23-13-5-8-20(15-23)25-3/h4,6-7,9-12,14,20H,5,8,13,15H2,1-3H3/t20-/m0/s1. The maximum absolute atomic E-state index is 12.7. The van der Waals surface area contributed by atoms with Crippen LogP contribution in [0.15, 0.2) is 48.5 Å². The number of methoxy groups -OCH3 is 1. The van der Waals surface area contributed by atoms with Gasteiger partial charge in [0.05, 0.1) is 6.10 Å². The summed E-state index contributed by atoms with van der Waals surface area (Å²) in [6.45, 7) is 1.49. The van der Waals surface area contributed by atoms with Gasteiger partial charge in [-0.3, -0.25) is 4.79 Å². The van der Waals surface area contributed by atoms with Crippen LogP contribution >= 0.6 is 0 Å². The quantitative estimate of drug-likeness (QED) is 0.853. The average Bonchev–Trinajstić information content (AvgIpc) is 2.67. The molecule has 2 aromatic carbocycles. The lowest BCUT2D eigenvalue weighted by Crippen LogP contribution is -2.42. The molecule has 1 atom stereocenters. The van der Waals surface area contributed by atoms with E-state index in [1.54, 1.807) is 7.11 Å². The van der Waals surface area contributed by atoms with Crippen molar-refractivity contribution in [2.24, 2.45) is 0 Å². The van der Waals surface area contributed by atoms with Crippen molar-refractivity contribution in [3.8, 4) is 11.1 Å². The minimum Gasteiger partial charge on any atom is -0.380 e. The Hall–Kier alpha value is -2.33. The summed E-state index contributed by atoms with van der Waals surface area (Å²) < 4.78 is 5.42. The molecule has 4 heteroatoms. The number of hydrogen-bond donors (Lipinski definition) is 0. The number of ether oxygens (including phenoxy) is 1. The topological polar surface area (TPSA) is 32.8 Å². The van der Waals surface area contributed by atoms with Gasteiger partial charge in [0.1, 0.15) is 0 Å². The third-order valence-electron chi connectivity index (χ3n) is 4.83. The van der Waals surface area contributed by atoms with E-state index in [4.69, 9.17) is 4.74 Å². The van der Waals surface area contributed by atoms with Gasteiger partial charge in [-0.2, -0.15) is 0 Å². The minimum atomic E-state index is 0.0929. The van der Waals surface area contributed by atoms with Gasteiger partial charge in [-0.15, -0.1) is 0 Å². The first-order chi connectivity index (χ1) is 12.1. The third-order valence-corrected chi connectivity index (χ3v) is 4.83. The lowest BCUT2D eigenvalue weighted by Gasteiger charge is -2.32. The molecular formula is C21H26N2O2. The van der Waals surface area contributed by atoms with Crippen LogP contribution in [0.3, 0.4) is 0 Å². The lowest BCUT2D eigenvalue weighted by atomic mass is 10.0. The monoisotopic (exact) mass is 338 g/mol. The van der Waals surface area contributed by atoms with Gasteiger partial charge < -0.3 is 14.5 Å². The molecule has 0 saturated carbocycles. The molecule has 1 aliphatic rings. The van der Waals surface area contributed by atoms with Crippen LogP contribution in [0.2, 0.25) is 0 Å². The molecule has 132 valence electrons. The highest BCUT2D eigenvalue weighted by atomic mass is 16.5. The maximum atomic E-state index is 12.7. The van der Waals surface area contributed by atoms with Gasteiger partial charge in [-0.1, -0.05) is 24.3 Å². The molecule has 0 spiro atoms. The smallest absolute Gasteiger partial charge is 0.253 e. The van der Waals surface area contributed by atoms with Crippen molar-refractivity contribution in [1.82, 2.24) is 4.90 Å². The van der Waals surface area contributed by atoms with E-state index in [1.165, 1.54) is 0 Å². The normalized spacial score (nSPS) is 17.4. The number of carbonyl (C=O) groups is 1. The summed E-state index contributed by atoms with van der Waals surface area (Å²) in [6.07, 6.45) is 2.19. The van der Waals surface area contributed by atoms with Crippen LogP contribution in [-0.2, 0) is 4.74 Å². The third kappa shape index (κ3) is 4.02. The summed E-state index contributed by atoms with van der Waals surface area (Å²) >= 11 is 0. The number of nitrogens with zero attached hydrogens (tertiary/aromatic N) is 2. The summed E-state index contributed by atoms with van der Waals surface area (Å²) in [5, 5.41) is 0. The van der Waals surface area contributed by atoms with Crippen LogP contribution in [0.4, 0.5) is 5.69 Å². The predicted octanol–water partition coefficient (Wildman–Crippen LogP) is 3.67. The summed E-state index contributed by atoms with van der Waals surface area (Å²) in [4.78, 5) is 16.7. The van der Waals surface area contributed by atoms with Crippen molar-refractivity contribution < 1.29 is 9.53 Å². The highest BCUT2D eigenvalue weighted by molar-refractivity contribution is 5.94. The Morgan fingerprint density at radius 3 is 2.56 bits per heavy atom. The fourth-order valence-electron chi connectivity index (χ4n) is 3.27. The first kappa shape index (κ1) is 17.5. The molecule has 1 saturated heterocycles. The SMILES string of the molecule is CO[C@H]1CCCN(C(=O)c2ccc(-c3cccc(N(C)C)c3)cc2)C1. The number of carbonyl (C=O) groups excluding carboxylic acids is 1. The second-order valence-corrected chi connectivity index (χ2v) is 6.77. The number of amides is 1. The van der Waals surface area contributed by atoms with Crippen LogP contribution in [0.1, 0.15) is 23.2 Å². The van der Waals surface area contributed by atoms with E-state index in [2.05, 4.69) is 29.2 Å². The fourth-order valence-corrected chi connectivity index (χ4v) is 3.27. The molecule has 0 radical (unpaired) electrons. The molecule has 1 fully saturated rings. The molecule has 3 rings (SSSR count). The van der Waals surface area contributed by atoms with Crippen LogP contribution < -0.4 is 4.90 Å². The highest BCUT2D eigenvalue weighted by Crippen LogP contribution is 2.25. The molecule has 1 aliphatic heterocycles. The predicted molar refractivity (Wildman–Crippen MR) is 102 cm³/mol. The van der Waals surface area contributed by atoms with Crippen LogP contribution in [-0.4, -0.2) is 51.2 Å². The van der Waals surface area contributed by atoms with Crippen molar-refractivity contribution in [3.05, 3.63) is 54.1 Å². The van der Waals surface area contributed by atoms with Gasteiger partial charge in [-0.05, 0) is 48.2 Å². The van der Waals surface area contributed by atoms with Crippen LogP contribution in [0.25, 0.3) is 11.1 Å². The van der Waals surface area contributed by atoms with Gasteiger partial charge >= 0.3 is 0 Å². The fraction of sp³-hybridized carbons (Fsp3) is 0.381. The van der Waals surface area contributed by atoms with Gasteiger partial charge in [0.2, 0.25) is 0 Å². The molecule has 0 aliphatic carbocycles. The van der Waals surface area contributed by atoms with Crippen LogP contribution in [0.5, 0.6) is 0 Å². The zero-order chi connectivity index (χ0) is 17.8. The van der Waals surface area contributed by atoms with Crippen molar-refractivity contribution in [2.45, 2.75) is 18.9 Å². The average molecular weight is 338 g/mol. The van der Waals surface area contributed by atoms with E-state index in [-0.39, 0.29) is 12.0 Å². The molecule has 1 heterocycles. The highest BCUT2D eigenvalue weighted by Gasteiger charge is 2.24. The summed E-state index contributed by atoms with van der Waals surface area (Å²) in [5.41, 5.74) is 4.18. The Kier molecular flexibility index (Phi) is 5.39. The Morgan fingerprint density at radius 1 is 1.12 bits per heavy atom. The molecule has 1 amide bonds. The number of likely N-dealkylation sites (tertiary alicyclic amines) is 1. The molecule has 0 N–H and O–H groups in total. The first-order valence-corrected chi connectivity index (χ1v) is 8.78. The summed E-state index contributed by atoms with van der Waals surface area (Å²) in [5.74, 6) is 0.0929. The number of benzene rings is 2. The number of rotatable bonds is 4. The zero-order valence-corrected chi connectivity index (χ0v) is 15.2. The largest absolute Gasteiger partial charge is 0.380 e. The van der Waals surface area contributed by atoms with Crippen molar-refractivity contribution >= 4 is 11.6 Å². The maximum Gasteiger partial charge on any atom is 0.253 e. The van der Waals surface area contributed by atoms with E-state index >= 15 is 0 Å². The van der Waals surface area contributed by atoms with E-state index in [0.717, 1.165) is 41.8 Å². The number of anilines is 1. The van der Waals surface area contributed by atoms with Crippen LogP contribution in [0, 0.1) is 0 Å². The van der Waals surface area contributed by atoms with Gasteiger partial charge in [0.15, 0.2) is 0 Å². The summed E-state index contributed by atoms with van der Waals surface area (Å²) in [6, 6.07) is 16.3. The first-order valence-electron chi connectivity index (χ1n) is 8.78. The molecule has 4 nitrogen and oxygen atoms in total. The Bertz CT molecular complexity index is 725.